The van der Waals surface area contributed by atoms with E-state index < -0.39 is 5.41 Å². The summed E-state index contributed by atoms with van der Waals surface area (Å²) in [5.41, 5.74) is 15.1. The molecule has 0 N–H and O–H groups in total. The predicted molar refractivity (Wildman–Crippen MR) is 219 cm³/mol. The van der Waals surface area contributed by atoms with Crippen LogP contribution in [0.25, 0.3) is 66.1 Å². The fourth-order valence-electron chi connectivity index (χ4n) is 8.70. The summed E-state index contributed by atoms with van der Waals surface area (Å²) in [5.74, 6) is 0. The molecular formula is C50H33NO2. The Morgan fingerprint density at radius 1 is 0.377 bits per heavy atom. The fourth-order valence-corrected chi connectivity index (χ4v) is 8.70. The van der Waals surface area contributed by atoms with E-state index in [-0.39, 0.29) is 0 Å². The molecule has 0 saturated carbocycles. The van der Waals surface area contributed by atoms with Crippen LogP contribution in [0.3, 0.4) is 0 Å². The molecule has 0 aliphatic heterocycles. The summed E-state index contributed by atoms with van der Waals surface area (Å²) in [7, 11) is 0. The van der Waals surface area contributed by atoms with Crippen LogP contribution in [0.15, 0.2) is 191 Å². The number of nitrogens with zero attached hydrogens (tertiary/aromatic N) is 1. The second-order valence-corrected chi connectivity index (χ2v) is 14.2. The molecule has 0 bridgehead atoms. The maximum Gasteiger partial charge on any atom is 0.137 e. The topological polar surface area (TPSA) is 29.5 Å². The van der Waals surface area contributed by atoms with Crippen molar-refractivity contribution in [3.8, 4) is 22.3 Å². The lowest BCUT2D eigenvalue weighted by atomic mass is 9.74. The summed E-state index contributed by atoms with van der Waals surface area (Å²) in [6, 6.07) is 65.2. The van der Waals surface area contributed by atoms with Crippen molar-refractivity contribution in [2.75, 3.05) is 4.90 Å². The molecule has 1 atom stereocenters. The number of hydrogen-bond donors (Lipinski definition) is 0. The number of fused-ring (bicyclic) bond motifs is 9. The second-order valence-electron chi connectivity index (χ2n) is 14.2. The van der Waals surface area contributed by atoms with E-state index in [4.69, 9.17) is 8.83 Å². The van der Waals surface area contributed by atoms with Gasteiger partial charge in [-0.3, -0.25) is 0 Å². The summed E-state index contributed by atoms with van der Waals surface area (Å²) >= 11 is 0. The molecule has 0 saturated heterocycles. The van der Waals surface area contributed by atoms with Crippen molar-refractivity contribution in [1.29, 1.82) is 0 Å². The second kappa shape index (κ2) is 11.3. The van der Waals surface area contributed by atoms with Crippen molar-refractivity contribution in [2.24, 2.45) is 0 Å². The standard InChI is InChI=1S/C50H33NO2/c1-50(34-21-28-48-43(29-34)41-15-7-10-18-47(41)52-48)44-16-8-5-13-38(44)39-26-24-36(30-45(39)50)51(35-22-19-33(20-23-35)32-11-3-2-4-12-32)37-25-27-42-40-14-6-9-17-46(40)53-49(42)31-37/h2-31H,1H3. The van der Waals surface area contributed by atoms with Gasteiger partial charge in [-0.15, -0.1) is 0 Å². The van der Waals surface area contributed by atoms with E-state index in [0.29, 0.717) is 0 Å². The van der Waals surface area contributed by atoms with E-state index in [0.717, 1.165) is 60.9 Å². The lowest BCUT2D eigenvalue weighted by molar-refractivity contribution is 0.667. The minimum Gasteiger partial charge on any atom is -0.456 e. The first-order chi connectivity index (χ1) is 26.1. The van der Waals surface area contributed by atoms with Crippen LogP contribution in [0.2, 0.25) is 0 Å². The molecule has 3 heteroatoms. The molecule has 10 aromatic rings. The number of para-hydroxylation sites is 2. The van der Waals surface area contributed by atoms with Crippen molar-refractivity contribution in [2.45, 2.75) is 12.3 Å². The van der Waals surface area contributed by atoms with Gasteiger partial charge in [-0.05, 0) is 107 Å². The molecule has 8 aromatic carbocycles. The van der Waals surface area contributed by atoms with Gasteiger partial charge in [-0.25, -0.2) is 0 Å². The maximum atomic E-state index is 6.42. The van der Waals surface area contributed by atoms with Gasteiger partial charge in [0.1, 0.15) is 22.3 Å². The van der Waals surface area contributed by atoms with Crippen LogP contribution in [0.5, 0.6) is 0 Å². The molecule has 0 radical (unpaired) electrons. The zero-order valence-corrected chi connectivity index (χ0v) is 29.1. The minimum absolute atomic E-state index is 0.403. The number of furan rings is 2. The van der Waals surface area contributed by atoms with Crippen LogP contribution < -0.4 is 4.90 Å². The highest BCUT2D eigenvalue weighted by molar-refractivity contribution is 6.07. The summed E-state index contributed by atoms with van der Waals surface area (Å²) in [5, 5.41) is 4.52. The lowest BCUT2D eigenvalue weighted by Crippen LogP contribution is -2.23. The number of rotatable bonds is 5. The minimum atomic E-state index is -0.403. The average Bonchev–Trinajstić information content (AvgIpc) is 3.86. The Kier molecular flexibility index (Phi) is 6.38. The van der Waals surface area contributed by atoms with Crippen molar-refractivity contribution >= 4 is 60.9 Å². The van der Waals surface area contributed by atoms with Gasteiger partial charge >= 0.3 is 0 Å². The van der Waals surface area contributed by atoms with Crippen molar-refractivity contribution in [3.05, 3.63) is 199 Å². The molecule has 1 unspecified atom stereocenters. The van der Waals surface area contributed by atoms with Gasteiger partial charge in [-0.1, -0.05) is 115 Å². The SMILES string of the molecule is CC1(c2ccc3oc4ccccc4c3c2)c2ccccc2-c2ccc(N(c3ccc(-c4ccccc4)cc3)c3ccc4c(c3)oc3ccccc34)cc21. The highest BCUT2D eigenvalue weighted by atomic mass is 16.3. The zero-order chi connectivity index (χ0) is 35.1. The highest BCUT2D eigenvalue weighted by Crippen LogP contribution is 2.54. The van der Waals surface area contributed by atoms with Crippen LogP contribution in [-0.2, 0) is 5.41 Å². The van der Waals surface area contributed by atoms with E-state index >= 15 is 0 Å². The third-order valence-corrected chi connectivity index (χ3v) is 11.4. The highest BCUT2D eigenvalue weighted by Gasteiger charge is 2.41. The quantitative estimate of drug-likeness (QED) is 0.181. The number of anilines is 3. The average molecular weight is 680 g/mol. The Labute approximate surface area is 307 Å². The normalized spacial score (nSPS) is 15.0. The Balaban J connectivity index is 1.11. The largest absolute Gasteiger partial charge is 0.456 e. The summed E-state index contributed by atoms with van der Waals surface area (Å²) in [6.45, 7) is 2.38. The van der Waals surface area contributed by atoms with E-state index in [9.17, 15) is 0 Å². The van der Waals surface area contributed by atoms with Gasteiger partial charge < -0.3 is 13.7 Å². The molecular weight excluding hydrogens is 647 g/mol. The molecule has 0 spiro atoms. The van der Waals surface area contributed by atoms with Crippen molar-refractivity contribution in [3.63, 3.8) is 0 Å². The third kappa shape index (κ3) is 4.47. The van der Waals surface area contributed by atoms with Crippen LogP contribution in [0.1, 0.15) is 23.6 Å². The molecule has 2 heterocycles. The predicted octanol–water partition coefficient (Wildman–Crippen LogP) is 14.0. The van der Waals surface area contributed by atoms with Gasteiger partial charge in [0.25, 0.3) is 0 Å². The Bertz CT molecular complexity index is 3020. The van der Waals surface area contributed by atoms with Crippen LogP contribution in [-0.4, -0.2) is 0 Å². The summed E-state index contributed by atoms with van der Waals surface area (Å²) in [4.78, 5) is 2.36. The molecule has 1 aliphatic carbocycles. The lowest BCUT2D eigenvalue weighted by Gasteiger charge is -2.31. The first-order valence-corrected chi connectivity index (χ1v) is 18.2. The molecule has 3 nitrogen and oxygen atoms in total. The summed E-state index contributed by atoms with van der Waals surface area (Å²) < 4.78 is 12.7. The third-order valence-electron chi connectivity index (χ3n) is 11.4. The van der Waals surface area contributed by atoms with E-state index in [2.05, 4.69) is 170 Å². The van der Waals surface area contributed by atoms with Gasteiger partial charge in [0.15, 0.2) is 0 Å². The number of hydrogen-bond acceptors (Lipinski definition) is 3. The molecule has 2 aromatic heterocycles. The fraction of sp³-hybridized carbons (Fsp3) is 0.0400. The van der Waals surface area contributed by atoms with Gasteiger partial charge in [-0.2, -0.15) is 0 Å². The van der Waals surface area contributed by atoms with Crippen LogP contribution >= 0.6 is 0 Å². The van der Waals surface area contributed by atoms with Crippen molar-refractivity contribution in [1.82, 2.24) is 0 Å². The van der Waals surface area contributed by atoms with E-state index in [1.165, 1.54) is 38.9 Å². The van der Waals surface area contributed by atoms with E-state index in [1.807, 2.05) is 24.3 Å². The molecule has 53 heavy (non-hydrogen) atoms. The van der Waals surface area contributed by atoms with Crippen molar-refractivity contribution < 1.29 is 8.83 Å². The zero-order valence-electron chi connectivity index (χ0n) is 29.1. The van der Waals surface area contributed by atoms with Crippen LogP contribution in [0.4, 0.5) is 17.1 Å². The van der Waals surface area contributed by atoms with Crippen LogP contribution in [0, 0.1) is 0 Å². The molecule has 11 rings (SSSR count). The van der Waals surface area contributed by atoms with Gasteiger partial charge in [0, 0.05) is 50.1 Å². The van der Waals surface area contributed by atoms with E-state index in [1.54, 1.807) is 0 Å². The number of benzene rings is 8. The summed E-state index contributed by atoms with van der Waals surface area (Å²) in [6.07, 6.45) is 0. The Hall–Kier alpha value is -6.84. The first kappa shape index (κ1) is 29.8. The van der Waals surface area contributed by atoms with Gasteiger partial charge in [0.05, 0.1) is 0 Å². The Morgan fingerprint density at radius 2 is 0.943 bits per heavy atom. The first-order valence-electron chi connectivity index (χ1n) is 18.2. The molecule has 1 aliphatic rings. The molecule has 0 amide bonds. The van der Waals surface area contributed by atoms with Gasteiger partial charge in [0.2, 0.25) is 0 Å². The monoisotopic (exact) mass is 679 g/mol. The maximum absolute atomic E-state index is 6.42. The smallest absolute Gasteiger partial charge is 0.137 e. The Morgan fingerprint density at radius 3 is 1.75 bits per heavy atom. The molecule has 250 valence electrons. The molecule has 0 fully saturated rings.